The molecule has 1 aliphatic rings. The van der Waals surface area contributed by atoms with Crippen molar-refractivity contribution < 1.29 is 23.4 Å². The second-order valence-electron chi connectivity index (χ2n) is 7.59. The van der Waals surface area contributed by atoms with Crippen molar-refractivity contribution in [1.29, 1.82) is 0 Å². The number of ether oxygens (including phenoxy) is 2. The number of aromatic nitrogens is 2. The van der Waals surface area contributed by atoms with Crippen molar-refractivity contribution in [2.24, 2.45) is 0 Å². The predicted octanol–water partition coefficient (Wildman–Crippen LogP) is 6.25. The SMILES string of the molecule is COc1cc(-c2ccc(-c3ccc(-c4nnc(C5CC5)o4)cc3C[O])o2)cc(OC)c1Br. The molecule has 5 rings (SSSR count). The van der Waals surface area contributed by atoms with E-state index in [2.05, 4.69) is 26.1 Å². The lowest BCUT2D eigenvalue weighted by Crippen LogP contribution is -1.91. The molecule has 0 saturated heterocycles. The Balaban J connectivity index is 1.48. The molecule has 7 nitrogen and oxygen atoms in total. The van der Waals surface area contributed by atoms with Crippen LogP contribution in [0, 0.1) is 0 Å². The number of hydrogen-bond acceptors (Lipinski definition) is 6. The second-order valence-corrected chi connectivity index (χ2v) is 8.39. The van der Waals surface area contributed by atoms with Gasteiger partial charge in [0.25, 0.3) is 0 Å². The lowest BCUT2D eigenvalue weighted by atomic mass is 10.0. The molecular formula is C24H20BrN2O5. The molecule has 32 heavy (non-hydrogen) atoms. The van der Waals surface area contributed by atoms with E-state index in [0.29, 0.717) is 46.3 Å². The van der Waals surface area contributed by atoms with E-state index in [1.165, 1.54) is 0 Å². The first-order chi connectivity index (χ1) is 15.6. The first kappa shape index (κ1) is 20.8. The third-order valence-corrected chi connectivity index (χ3v) is 6.26. The smallest absolute Gasteiger partial charge is 0.247 e. The van der Waals surface area contributed by atoms with Crippen LogP contribution in [0.25, 0.3) is 34.1 Å². The number of methoxy groups -OCH3 is 2. The van der Waals surface area contributed by atoms with Crippen molar-refractivity contribution in [1.82, 2.24) is 10.2 Å². The van der Waals surface area contributed by atoms with Crippen LogP contribution in [0.15, 0.2) is 55.8 Å². The first-order valence-corrected chi connectivity index (χ1v) is 11.0. The van der Waals surface area contributed by atoms with Crippen molar-refractivity contribution in [3.8, 4) is 45.6 Å². The maximum Gasteiger partial charge on any atom is 0.247 e. The molecule has 0 N–H and O–H groups in total. The van der Waals surface area contributed by atoms with Gasteiger partial charge in [0.05, 0.1) is 14.2 Å². The van der Waals surface area contributed by atoms with Crippen LogP contribution in [0.1, 0.15) is 30.2 Å². The largest absolute Gasteiger partial charge is 0.495 e. The molecule has 0 spiro atoms. The average molecular weight is 496 g/mol. The van der Waals surface area contributed by atoms with E-state index >= 15 is 0 Å². The highest BCUT2D eigenvalue weighted by Gasteiger charge is 2.29. The van der Waals surface area contributed by atoms with Crippen LogP contribution in [0.3, 0.4) is 0 Å². The Hall–Kier alpha value is -3.10. The minimum absolute atomic E-state index is 0.381. The molecule has 0 atom stereocenters. The van der Waals surface area contributed by atoms with E-state index < -0.39 is 6.61 Å². The highest BCUT2D eigenvalue weighted by molar-refractivity contribution is 9.10. The molecule has 4 aromatic rings. The van der Waals surface area contributed by atoms with Gasteiger partial charge in [-0.05, 0) is 70.7 Å². The van der Waals surface area contributed by atoms with Gasteiger partial charge in [0, 0.05) is 22.6 Å². The number of nitrogens with zero attached hydrogens (tertiary/aromatic N) is 2. The number of benzene rings is 2. The monoisotopic (exact) mass is 495 g/mol. The van der Waals surface area contributed by atoms with Crippen LogP contribution in [0.4, 0.5) is 0 Å². The molecule has 163 valence electrons. The van der Waals surface area contributed by atoms with Gasteiger partial charge in [-0.2, -0.15) is 0 Å². The lowest BCUT2D eigenvalue weighted by Gasteiger charge is -2.10. The van der Waals surface area contributed by atoms with Gasteiger partial charge >= 0.3 is 0 Å². The first-order valence-electron chi connectivity index (χ1n) is 10.2. The van der Waals surface area contributed by atoms with E-state index in [1.54, 1.807) is 20.3 Å². The fourth-order valence-corrected chi connectivity index (χ4v) is 4.14. The minimum Gasteiger partial charge on any atom is -0.495 e. The molecule has 1 saturated carbocycles. The maximum absolute atomic E-state index is 12.0. The van der Waals surface area contributed by atoms with Crippen LogP contribution in [0.5, 0.6) is 11.5 Å². The van der Waals surface area contributed by atoms with E-state index in [-0.39, 0.29) is 0 Å². The Morgan fingerprint density at radius 3 is 2.31 bits per heavy atom. The third-order valence-electron chi connectivity index (χ3n) is 5.48. The summed E-state index contributed by atoms with van der Waals surface area (Å²) in [5.74, 6) is 3.98. The summed E-state index contributed by atoms with van der Waals surface area (Å²) in [6.07, 6.45) is 2.17. The Kier molecular flexibility index (Phi) is 5.48. The van der Waals surface area contributed by atoms with Gasteiger partial charge in [-0.1, -0.05) is 6.07 Å². The van der Waals surface area contributed by atoms with Crippen LogP contribution < -0.4 is 9.47 Å². The Labute approximate surface area is 193 Å². The maximum atomic E-state index is 12.0. The molecule has 2 heterocycles. The van der Waals surface area contributed by atoms with Crippen LogP contribution in [-0.4, -0.2) is 24.4 Å². The molecule has 0 aliphatic heterocycles. The van der Waals surface area contributed by atoms with Gasteiger partial charge in [-0.25, -0.2) is 5.11 Å². The van der Waals surface area contributed by atoms with E-state index in [0.717, 1.165) is 34.0 Å². The van der Waals surface area contributed by atoms with E-state index in [9.17, 15) is 5.11 Å². The summed E-state index contributed by atoms with van der Waals surface area (Å²) in [6, 6.07) is 12.9. The molecule has 1 radical (unpaired) electrons. The molecule has 2 aromatic heterocycles. The van der Waals surface area contributed by atoms with Gasteiger partial charge in [0.1, 0.15) is 34.1 Å². The van der Waals surface area contributed by atoms with E-state index in [1.807, 2.05) is 36.4 Å². The van der Waals surface area contributed by atoms with Crippen molar-refractivity contribution in [3.05, 3.63) is 58.4 Å². The molecule has 0 amide bonds. The highest BCUT2D eigenvalue weighted by atomic mass is 79.9. The fourth-order valence-electron chi connectivity index (χ4n) is 3.58. The topological polar surface area (TPSA) is 90.4 Å². The molecule has 0 unspecified atom stereocenters. The molecule has 2 aromatic carbocycles. The van der Waals surface area contributed by atoms with Crippen molar-refractivity contribution in [2.45, 2.75) is 25.4 Å². The van der Waals surface area contributed by atoms with E-state index in [4.69, 9.17) is 18.3 Å². The van der Waals surface area contributed by atoms with Gasteiger partial charge in [0.2, 0.25) is 11.8 Å². The Morgan fingerprint density at radius 1 is 0.938 bits per heavy atom. The van der Waals surface area contributed by atoms with Crippen molar-refractivity contribution in [3.63, 3.8) is 0 Å². The van der Waals surface area contributed by atoms with Crippen LogP contribution >= 0.6 is 15.9 Å². The summed E-state index contributed by atoms with van der Waals surface area (Å²) < 4.78 is 23.5. The predicted molar refractivity (Wildman–Crippen MR) is 120 cm³/mol. The number of rotatable bonds is 7. The molecule has 8 heteroatoms. The Bertz CT molecular complexity index is 1250. The second kappa shape index (κ2) is 8.44. The highest BCUT2D eigenvalue weighted by Crippen LogP contribution is 2.42. The summed E-state index contributed by atoms with van der Waals surface area (Å²) >= 11 is 3.48. The minimum atomic E-state index is -0.400. The van der Waals surface area contributed by atoms with Crippen LogP contribution in [0.2, 0.25) is 0 Å². The number of hydrogen-bond donors (Lipinski definition) is 0. The molecular weight excluding hydrogens is 476 g/mol. The van der Waals surface area contributed by atoms with Crippen LogP contribution in [-0.2, 0) is 11.7 Å². The van der Waals surface area contributed by atoms with Gasteiger partial charge < -0.3 is 18.3 Å². The average Bonchev–Trinajstić information content (AvgIpc) is 3.34. The summed E-state index contributed by atoms with van der Waals surface area (Å²) in [6.45, 7) is -0.400. The zero-order valence-electron chi connectivity index (χ0n) is 17.6. The third kappa shape index (κ3) is 3.80. The summed E-state index contributed by atoms with van der Waals surface area (Å²) in [7, 11) is 3.19. The number of halogens is 1. The quantitative estimate of drug-likeness (QED) is 0.300. The normalized spacial score (nSPS) is 13.4. The Morgan fingerprint density at radius 2 is 1.66 bits per heavy atom. The van der Waals surface area contributed by atoms with Crippen molar-refractivity contribution >= 4 is 15.9 Å². The summed E-state index contributed by atoms with van der Waals surface area (Å²) in [4.78, 5) is 0. The lowest BCUT2D eigenvalue weighted by molar-refractivity contribution is 0.178. The molecule has 0 bridgehead atoms. The van der Waals surface area contributed by atoms with Gasteiger partial charge in [0.15, 0.2) is 0 Å². The zero-order valence-corrected chi connectivity index (χ0v) is 19.1. The zero-order chi connectivity index (χ0) is 22.2. The molecule has 1 aliphatic carbocycles. The van der Waals surface area contributed by atoms with Gasteiger partial charge in [-0.15, -0.1) is 10.2 Å². The summed E-state index contributed by atoms with van der Waals surface area (Å²) in [5.41, 5.74) is 2.86. The summed E-state index contributed by atoms with van der Waals surface area (Å²) in [5, 5.41) is 20.2. The fraction of sp³-hybridized carbons (Fsp3) is 0.250. The number of furan rings is 1. The van der Waals surface area contributed by atoms with Gasteiger partial charge in [-0.3, -0.25) is 0 Å². The standard InChI is InChI=1S/C24H20BrN2O5/c1-29-20-10-15(11-21(30-2)22(20)25)18-7-8-19(31-18)17-6-5-14(9-16(17)12-28)24-27-26-23(32-24)13-3-4-13/h5-11,13H,3-4,12H2,1-2H3. The van der Waals surface area contributed by atoms with Crippen molar-refractivity contribution in [2.75, 3.05) is 14.2 Å². The molecule has 1 fully saturated rings.